The fraction of sp³-hybridized carbons (Fsp3) is 0.0667. The summed E-state index contributed by atoms with van der Waals surface area (Å²) in [5.74, 6) is 0.594. The highest BCUT2D eigenvalue weighted by molar-refractivity contribution is 5.83. The summed E-state index contributed by atoms with van der Waals surface area (Å²) in [5, 5.41) is 2.60. The minimum atomic E-state index is 0.594. The number of oxazole rings is 1. The number of hydrogen-bond donors (Lipinski definition) is 1. The van der Waals surface area contributed by atoms with E-state index >= 15 is 0 Å². The molecule has 0 aliphatic rings. The molecular formula is C15H12N2O2. The second-order valence-corrected chi connectivity index (χ2v) is 4.28. The standard InChI is InChI=1S/C15H12N2O2/c1-10-4-2-3-5-12(10)15-17-13-8-11(16-9-18)6-7-14(13)19-15/h2-9H,1H3,(H,16,18). The van der Waals surface area contributed by atoms with Crippen LogP contribution in [0.4, 0.5) is 5.69 Å². The Kier molecular flexibility index (Phi) is 2.76. The molecule has 1 aromatic heterocycles. The largest absolute Gasteiger partial charge is 0.436 e. The summed E-state index contributed by atoms with van der Waals surface area (Å²) in [4.78, 5) is 14.9. The van der Waals surface area contributed by atoms with Crippen LogP contribution in [0.15, 0.2) is 46.9 Å². The summed E-state index contributed by atoms with van der Waals surface area (Å²) in [7, 11) is 0. The Hall–Kier alpha value is -2.62. The van der Waals surface area contributed by atoms with E-state index in [-0.39, 0.29) is 0 Å². The first kappa shape index (κ1) is 11.5. The lowest BCUT2D eigenvalue weighted by Gasteiger charge is -1.98. The first-order valence-electron chi connectivity index (χ1n) is 5.95. The van der Waals surface area contributed by atoms with Crippen molar-refractivity contribution >= 4 is 23.2 Å². The number of rotatable bonds is 3. The molecule has 0 unspecified atom stereocenters. The fourth-order valence-electron chi connectivity index (χ4n) is 2.01. The van der Waals surface area contributed by atoms with Crippen molar-refractivity contribution in [3.05, 3.63) is 48.0 Å². The first-order chi connectivity index (χ1) is 9.28. The third kappa shape index (κ3) is 2.08. The van der Waals surface area contributed by atoms with E-state index in [1.165, 1.54) is 0 Å². The van der Waals surface area contributed by atoms with Crippen molar-refractivity contribution in [3.8, 4) is 11.5 Å². The molecule has 3 aromatic rings. The molecule has 0 fully saturated rings. The van der Waals surface area contributed by atoms with E-state index in [0.717, 1.165) is 16.6 Å². The first-order valence-corrected chi connectivity index (χ1v) is 5.95. The van der Waals surface area contributed by atoms with Gasteiger partial charge in [-0.25, -0.2) is 4.98 Å². The quantitative estimate of drug-likeness (QED) is 0.727. The molecule has 0 saturated heterocycles. The topological polar surface area (TPSA) is 55.1 Å². The van der Waals surface area contributed by atoms with Gasteiger partial charge >= 0.3 is 0 Å². The maximum absolute atomic E-state index is 10.4. The van der Waals surface area contributed by atoms with Crippen molar-refractivity contribution in [3.63, 3.8) is 0 Å². The minimum absolute atomic E-state index is 0.594. The lowest BCUT2D eigenvalue weighted by atomic mass is 10.1. The van der Waals surface area contributed by atoms with E-state index in [9.17, 15) is 4.79 Å². The predicted octanol–water partition coefficient (Wildman–Crippen LogP) is 3.37. The van der Waals surface area contributed by atoms with Crippen molar-refractivity contribution < 1.29 is 9.21 Å². The van der Waals surface area contributed by atoms with Crippen LogP contribution in [0.2, 0.25) is 0 Å². The van der Waals surface area contributed by atoms with E-state index in [4.69, 9.17) is 4.42 Å². The number of benzene rings is 2. The number of amides is 1. The molecule has 2 aromatic carbocycles. The molecule has 0 aliphatic heterocycles. The zero-order valence-corrected chi connectivity index (χ0v) is 10.4. The van der Waals surface area contributed by atoms with Crippen LogP contribution in [0.3, 0.4) is 0 Å². The zero-order chi connectivity index (χ0) is 13.2. The summed E-state index contributed by atoms with van der Waals surface area (Å²) in [6, 6.07) is 13.3. The molecule has 0 atom stereocenters. The van der Waals surface area contributed by atoms with Crippen LogP contribution in [0.5, 0.6) is 0 Å². The molecule has 94 valence electrons. The van der Waals surface area contributed by atoms with Crippen molar-refractivity contribution in [2.24, 2.45) is 0 Å². The van der Waals surface area contributed by atoms with Gasteiger partial charge in [0.05, 0.1) is 0 Å². The van der Waals surface area contributed by atoms with Gasteiger partial charge in [0, 0.05) is 11.3 Å². The van der Waals surface area contributed by atoms with E-state index in [2.05, 4.69) is 10.3 Å². The van der Waals surface area contributed by atoms with E-state index in [1.807, 2.05) is 31.2 Å². The molecule has 0 saturated carbocycles. The zero-order valence-electron chi connectivity index (χ0n) is 10.4. The van der Waals surface area contributed by atoms with E-state index in [0.29, 0.717) is 23.6 Å². The normalized spacial score (nSPS) is 10.6. The maximum Gasteiger partial charge on any atom is 0.227 e. The van der Waals surface area contributed by atoms with Gasteiger partial charge in [0.15, 0.2) is 5.58 Å². The van der Waals surface area contributed by atoms with Crippen LogP contribution in [-0.4, -0.2) is 11.4 Å². The number of fused-ring (bicyclic) bond motifs is 1. The number of anilines is 1. The third-order valence-corrected chi connectivity index (χ3v) is 2.99. The molecule has 0 radical (unpaired) electrons. The lowest BCUT2D eigenvalue weighted by molar-refractivity contribution is -0.105. The number of hydrogen-bond acceptors (Lipinski definition) is 3. The SMILES string of the molecule is Cc1ccccc1-c1nc2cc(NC=O)ccc2o1. The summed E-state index contributed by atoms with van der Waals surface area (Å²) >= 11 is 0. The average molecular weight is 252 g/mol. The van der Waals surface area contributed by atoms with E-state index < -0.39 is 0 Å². The Bertz CT molecular complexity index is 747. The molecule has 1 heterocycles. The molecule has 3 rings (SSSR count). The number of nitrogens with one attached hydrogen (secondary N) is 1. The molecule has 0 aliphatic carbocycles. The summed E-state index contributed by atoms with van der Waals surface area (Å²) in [6.07, 6.45) is 0.642. The molecule has 4 nitrogen and oxygen atoms in total. The van der Waals surface area contributed by atoms with Crippen molar-refractivity contribution in [1.29, 1.82) is 0 Å². The smallest absolute Gasteiger partial charge is 0.227 e. The molecular weight excluding hydrogens is 240 g/mol. The third-order valence-electron chi connectivity index (χ3n) is 2.99. The van der Waals surface area contributed by atoms with Crippen LogP contribution in [0.1, 0.15) is 5.56 Å². The maximum atomic E-state index is 10.4. The molecule has 1 N–H and O–H groups in total. The predicted molar refractivity (Wildman–Crippen MR) is 73.9 cm³/mol. The van der Waals surface area contributed by atoms with Crippen LogP contribution in [0, 0.1) is 6.92 Å². The fourth-order valence-corrected chi connectivity index (χ4v) is 2.01. The van der Waals surface area contributed by atoms with Crippen LogP contribution >= 0.6 is 0 Å². The van der Waals surface area contributed by atoms with Crippen molar-refractivity contribution in [2.45, 2.75) is 6.92 Å². The van der Waals surface area contributed by atoms with Crippen LogP contribution < -0.4 is 5.32 Å². The summed E-state index contributed by atoms with van der Waals surface area (Å²) in [6.45, 7) is 2.02. The number of carbonyl (C=O) groups is 1. The van der Waals surface area contributed by atoms with Crippen LogP contribution in [-0.2, 0) is 4.79 Å². The van der Waals surface area contributed by atoms with E-state index in [1.54, 1.807) is 18.2 Å². The van der Waals surface area contributed by atoms with Gasteiger partial charge in [0.25, 0.3) is 0 Å². The van der Waals surface area contributed by atoms with Gasteiger partial charge in [-0.1, -0.05) is 18.2 Å². The minimum Gasteiger partial charge on any atom is -0.436 e. The molecule has 4 heteroatoms. The highest BCUT2D eigenvalue weighted by Gasteiger charge is 2.10. The second kappa shape index (κ2) is 4.57. The second-order valence-electron chi connectivity index (χ2n) is 4.28. The molecule has 0 bridgehead atoms. The summed E-state index contributed by atoms with van der Waals surface area (Å²) < 4.78 is 5.74. The van der Waals surface area contributed by atoms with Gasteiger partial charge in [0.1, 0.15) is 5.52 Å². The Labute approximate surface area is 110 Å². The van der Waals surface area contributed by atoms with Crippen molar-refractivity contribution in [1.82, 2.24) is 4.98 Å². The number of aromatic nitrogens is 1. The van der Waals surface area contributed by atoms with Gasteiger partial charge in [-0.15, -0.1) is 0 Å². The monoisotopic (exact) mass is 252 g/mol. The molecule has 19 heavy (non-hydrogen) atoms. The van der Waals surface area contributed by atoms with Gasteiger partial charge in [-0.3, -0.25) is 4.79 Å². The van der Waals surface area contributed by atoms with Gasteiger partial charge in [-0.2, -0.15) is 0 Å². The number of carbonyl (C=O) groups excluding carboxylic acids is 1. The van der Waals surface area contributed by atoms with Crippen molar-refractivity contribution in [2.75, 3.05) is 5.32 Å². The van der Waals surface area contributed by atoms with Gasteiger partial charge < -0.3 is 9.73 Å². The number of nitrogens with zero attached hydrogens (tertiary/aromatic N) is 1. The Morgan fingerprint density at radius 3 is 2.84 bits per heavy atom. The van der Waals surface area contributed by atoms with Crippen LogP contribution in [0.25, 0.3) is 22.6 Å². The van der Waals surface area contributed by atoms with Gasteiger partial charge in [0.2, 0.25) is 12.3 Å². The van der Waals surface area contributed by atoms with Gasteiger partial charge in [-0.05, 0) is 36.8 Å². The highest BCUT2D eigenvalue weighted by Crippen LogP contribution is 2.27. The average Bonchev–Trinajstić information content (AvgIpc) is 2.82. The highest BCUT2D eigenvalue weighted by atomic mass is 16.3. The Morgan fingerprint density at radius 2 is 2.05 bits per heavy atom. The summed E-state index contributed by atoms with van der Waals surface area (Å²) in [5.41, 5.74) is 4.22. The Balaban J connectivity index is 2.11. The molecule has 0 spiro atoms. The lowest BCUT2D eigenvalue weighted by Crippen LogP contribution is -1.92. The molecule has 1 amide bonds. The number of aryl methyl sites for hydroxylation is 1. The Morgan fingerprint density at radius 1 is 1.21 bits per heavy atom.